The standard InChI is InChI=1S/C20H32N4O4S2/c1-5-24(6-2)30(26,27)18-13-15(11-12-17(18)28-4)19(25)22-23-20(29)21-16-10-8-7-9-14(16)3/h11-14,16H,5-10H2,1-4H3,(H,22,25)(H2,21,23,29). The van der Waals surface area contributed by atoms with E-state index in [2.05, 4.69) is 23.1 Å². The Morgan fingerprint density at radius 3 is 2.47 bits per heavy atom. The summed E-state index contributed by atoms with van der Waals surface area (Å²) in [4.78, 5) is 12.5. The van der Waals surface area contributed by atoms with Crippen molar-refractivity contribution < 1.29 is 17.9 Å². The van der Waals surface area contributed by atoms with E-state index < -0.39 is 15.9 Å². The highest BCUT2D eigenvalue weighted by atomic mass is 32.2. The highest BCUT2D eigenvalue weighted by Gasteiger charge is 2.27. The smallest absolute Gasteiger partial charge is 0.269 e. The molecule has 1 amide bonds. The second kappa shape index (κ2) is 10.9. The van der Waals surface area contributed by atoms with Gasteiger partial charge in [0.15, 0.2) is 5.11 Å². The molecule has 10 heteroatoms. The molecule has 1 saturated carbocycles. The zero-order chi connectivity index (χ0) is 22.3. The average Bonchev–Trinajstić information content (AvgIpc) is 2.73. The van der Waals surface area contributed by atoms with Crippen molar-refractivity contribution in [2.24, 2.45) is 5.92 Å². The van der Waals surface area contributed by atoms with Gasteiger partial charge in [0.2, 0.25) is 10.0 Å². The molecule has 3 N–H and O–H groups in total. The van der Waals surface area contributed by atoms with Crippen molar-refractivity contribution in [1.29, 1.82) is 0 Å². The summed E-state index contributed by atoms with van der Waals surface area (Å²) in [6.07, 6.45) is 4.59. The van der Waals surface area contributed by atoms with Gasteiger partial charge in [0.1, 0.15) is 10.6 Å². The number of benzene rings is 1. The first kappa shape index (κ1) is 24.4. The molecule has 0 bridgehead atoms. The molecule has 0 aromatic heterocycles. The predicted molar refractivity (Wildman–Crippen MR) is 121 cm³/mol. The van der Waals surface area contributed by atoms with Gasteiger partial charge < -0.3 is 10.1 Å². The molecule has 1 aromatic rings. The number of hydrazine groups is 1. The Labute approximate surface area is 184 Å². The van der Waals surface area contributed by atoms with Crippen LogP contribution in [0, 0.1) is 5.92 Å². The van der Waals surface area contributed by atoms with Gasteiger partial charge in [-0.25, -0.2) is 8.42 Å². The number of amides is 1. The lowest BCUT2D eigenvalue weighted by atomic mass is 9.86. The molecule has 1 fully saturated rings. The van der Waals surface area contributed by atoms with E-state index in [4.69, 9.17) is 17.0 Å². The van der Waals surface area contributed by atoms with Crippen LogP contribution >= 0.6 is 12.2 Å². The Morgan fingerprint density at radius 2 is 1.87 bits per heavy atom. The first-order valence-corrected chi connectivity index (χ1v) is 12.1. The number of hydrogen-bond donors (Lipinski definition) is 3. The fourth-order valence-corrected chi connectivity index (χ4v) is 5.48. The van der Waals surface area contributed by atoms with E-state index >= 15 is 0 Å². The molecule has 2 unspecified atom stereocenters. The van der Waals surface area contributed by atoms with Crippen LogP contribution < -0.4 is 20.9 Å². The third-order valence-electron chi connectivity index (χ3n) is 5.47. The third kappa shape index (κ3) is 5.83. The van der Waals surface area contributed by atoms with Gasteiger partial charge in [-0.2, -0.15) is 4.31 Å². The monoisotopic (exact) mass is 456 g/mol. The Balaban J connectivity index is 2.10. The fraction of sp³-hybridized carbons (Fsp3) is 0.600. The summed E-state index contributed by atoms with van der Waals surface area (Å²) in [6, 6.07) is 4.59. The van der Waals surface area contributed by atoms with Crippen molar-refractivity contribution in [2.75, 3.05) is 20.2 Å². The van der Waals surface area contributed by atoms with E-state index in [1.165, 1.54) is 36.0 Å². The van der Waals surface area contributed by atoms with Gasteiger partial charge in [-0.15, -0.1) is 0 Å². The van der Waals surface area contributed by atoms with E-state index in [1.54, 1.807) is 13.8 Å². The molecule has 2 rings (SSSR count). The third-order valence-corrected chi connectivity index (χ3v) is 7.76. The highest BCUT2D eigenvalue weighted by molar-refractivity contribution is 7.89. The number of carbonyl (C=O) groups excluding carboxylic acids is 1. The maximum Gasteiger partial charge on any atom is 0.269 e. The van der Waals surface area contributed by atoms with Crippen molar-refractivity contribution >= 4 is 33.3 Å². The maximum atomic E-state index is 12.9. The number of nitrogens with zero attached hydrogens (tertiary/aromatic N) is 1. The minimum atomic E-state index is -3.79. The first-order valence-electron chi connectivity index (χ1n) is 10.3. The zero-order valence-corrected chi connectivity index (χ0v) is 19.7. The first-order chi connectivity index (χ1) is 14.2. The number of methoxy groups -OCH3 is 1. The summed E-state index contributed by atoms with van der Waals surface area (Å²) >= 11 is 5.29. The summed E-state index contributed by atoms with van der Waals surface area (Å²) in [7, 11) is -2.39. The van der Waals surface area contributed by atoms with Crippen molar-refractivity contribution in [3.63, 3.8) is 0 Å². The molecule has 168 valence electrons. The molecule has 30 heavy (non-hydrogen) atoms. The van der Waals surface area contributed by atoms with Crippen molar-refractivity contribution in [1.82, 2.24) is 20.5 Å². The normalized spacial score (nSPS) is 19.2. The molecule has 1 aromatic carbocycles. The number of hydrogen-bond acceptors (Lipinski definition) is 5. The summed E-state index contributed by atoms with van der Waals surface area (Å²) in [5, 5.41) is 3.58. The minimum absolute atomic E-state index is 0.0434. The van der Waals surface area contributed by atoms with Gasteiger partial charge in [0, 0.05) is 24.7 Å². The van der Waals surface area contributed by atoms with Crippen LogP contribution in [-0.4, -0.2) is 50.0 Å². The van der Waals surface area contributed by atoms with Crippen LogP contribution in [0.1, 0.15) is 56.8 Å². The molecular formula is C20H32N4O4S2. The van der Waals surface area contributed by atoms with Crippen LogP contribution in [0.25, 0.3) is 0 Å². The molecule has 8 nitrogen and oxygen atoms in total. The van der Waals surface area contributed by atoms with Crippen LogP contribution in [0.15, 0.2) is 23.1 Å². The quantitative estimate of drug-likeness (QED) is 0.428. The Kier molecular flexibility index (Phi) is 8.87. The van der Waals surface area contributed by atoms with Gasteiger partial charge in [-0.05, 0) is 49.2 Å². The van der Waals surface area contributed by atoms with Gasteiger partial charge in [0.25, 0.3) is 5.91 Å². The molecule has 0 spiro atoms. The van der Waals surface area contributed by atoms with Crippen LogP contribution in [0.2, 0.25) is 0 Å². The topological polar surface area (TPSA) is 99.8 Å². The number of thiocarbonyl (C=S) groups is 1. The van der Waals surface area contributed by atoms with Crippen molar-refractivity contribution in [3.8, 4) is 5.75 Å². The Morgan fingerprint density at radius 1 is 1.20 bits per heavy atom. The van der Waals surface area contributed by atoms with Gasteiger partial charge in [-0.3, -0.25) is 15.6 Å². The number of nitrogens with one attached hydrogen (secondary N) is 3. The number of carbonyl (C=O) groups is 1. The molecule has 0 radical (unpaired) electrons. The molecular weight excluding hydrogens is 424 g/mol. The van der Waals surface area contributed by atoms with E-state index in [9.17, 15) is 13.2 Å². The summed E-state index contributed by atoms with van der Waals surface area (Å²) in [5.74, 6) is 0.216. The Hall–Kier alpha value is -1.91. The number of sulfonamides is 1. The van der Waals surface area contributed by atoms with E-state index in [0.29, 0.717) is 24.1 Å². The second-order valence-corrected chi connectivity index (χ2v) is 9.69. The summed E-state index contributed by atoms with van der Waals surface area (Å²) < 4.78 is 32.4. The van der Waals surface area contributed by atoms with Crippen LogP contribution in [0.3, 0.4) is 0 Å². The van der Waals surface area contributed by atoms with Crippen LogP contribution in [-0.2, 0) is 10.0 Å². The lowest BCUT2D eigenvalue weighted by Gasteiger charge is -2.30. The highest BCUT2D eigenvalue weighted by Crippen LogP contribution is 2.28. The molecule has 0 heterocycles. The fourth-order valence-electron chi connectivity index (χ4n) is 3.64. The van der Waals surface area contributed by atoms with Crippen LogP contribution in [0.5, 0.6) is 5.75 Å². The zero-order valence-electron chi connectivity index (χ0n) is 18.0. The molecule has 1 aliphatic rings. The molecule has 1 aliphatic carbocycles. The van der Waals surface area contributed by atoms with E-state index in [-0.39, 0.29) is 22.3 Å². The van der Waals surface area contributed by atoms with Crippen molar-refractivity contribution in [2.45, 2.75) is 57.4 Å². The van der Waals surface area contributed by atoms with Crippen LogP contribution in [0.4, 0.5) is 0 Å². The molecule has 2 atom stereocenters. The maximum absolute atomic E-state index is 12.9. The Bertz CT molecular complexity index is 856. The molecule has 0 aliphatic heterocycles. The summed E-state index contributed by atoms with van der Waals surface area (Å²) in [5.41, 5.74) is 5.43. The predicted octanol–water partition coefficient (Wildman–Crippen LogP) is 2.41. The van der Waals surface area contributed by atoms with Gasteiger partial charge >= 0.3 is 0 Å². The second-order valence-electron chi connectivity index (χ2n) is 7.38. The largest absolute Gasteiger partial charge is 0.495 e. The lowest BCUT2D eigenvalue weighted by molar-refractivity contribution is 0.0943. The van der Waals surface area contributed by atoms with E-state index in [0.717, 1.165) is 19.3 Å². The number of rotatable bonds is 7. The van der Waals surface area contributed by atoms with Gasteiger partial charge in [-0.1, -0.05) is 33.6 Å². The summed E-state index contributed by atoms with van der Waals surface area (Å²) in [6.45, 7) is 6.34. The minimum Gasteiger partial charge on any atom is -0.495 e. The van der Waals surface area contributed by atoms with E-state index in [1.807, 2.05) is 0 Å². The average molecular weight is 457 g/mol. The SMILES string of the molecule is CCN(CC)S(=O)(=O)c1cc(C(=O)NNC(=S)NC2CCCCC2C)ccc1OC. The van der Waals surface area contributed by atoms with Gasteiger partial charge in [0.05, 0.1) is 7.11 Å². The van der Waals surface area contributed by atoms with Crippen molar-refractivity contribution in [3.05, 3.63) is 23.8 Å². The lowest BCUT2D eigenvalue weighted by Crippen LogP contribution is -2.51. The number of ether oxygens (including phenoxy) is 1. The molecule has 0 saturated heterocycles.